The summed E-state index contributed by atoms with van der Waals surface area (Å²) in [5, 5.41) is 15.1. The van der Waals surface area contributed by atoms with Crippen molar-refractivity contribution in [1.82, 2.24) is 0 Å². The number of non-ortho nitro benzene ring substituents is 1. The molecule has 0 aliphatic heterocycles. The summed E-state index contributed by atoms with van der Waals surface area (Å²) < 4.78 is 6.01. The van der Waals surface area contributed by atoms with Crippen molar-refractivity contribution in [1.29, 1.82) is 0 Å². The Bertz CT molecular complexity index is 1580. The number of furan rings is 1. The van der Waals surface area contributed by atoms with E-state index in [0.29, 0.717) is 27.6 Å². The van der Waals surface area contributed by atoms with Gasteiger partial charge in [-0.3, -0.25) is 14.9 Å². The Labute approximate surface area is 231 Å². The zero-order valence-electron chi connectivity index (χ0n) is 22.4. The van der Waals surface area contributed by atoms with E-state index >= 15 is 0 Å². The van der Waals surface area contributed by atoms with Gasteiger partial charge in [-0.25, -0.2) is 4.99 Å². The molecule has 0 unspecified atom stereocenters. The van der Waals surface area contributed by atoms with Crippen molar-refractivity contribution in [3.8, 4) is 11.3 Å². The van der Waals surface area contributed by atoms with E-state index in [1.54, 1.807) is 35.8 Å². The molecule has 200 valence electrons. The predicted molar refractivity (Wildman–Crippen MR) is 157 cm³/mol. The summed E-state index contributed by atoms with van der Waals surface area (Å²) in [6.07, 6.45) is 7.98. The van der Waals surface area contributed by atoms with Crippen molar-refractivity contribution in [2.24, 2.45) is 4.99 Å². The van der Waals surface area contributed by atoms with Gasteiger partial charge in [-0.2, -0.15) is 0 Å². The van der Waals surface area contributed by atoms with Crippen molar-refractivity contribution in [3.05, 3.63) is 97.1 Å². The van der Waals surface area contributed by atoms with Gasteiger partial charge in [0.15, 0.2) is 0 Å². The number of nitrogens with one attached hydrogen (secondary N) is 1. The standard InChI is InChI=1S/C31H31N3O4S/c1-19-9-8-11-26(21(19)3)33-30(35)29-24-10-6-4-5-7-12-28(24)39-31(29)32-18-23-15-16-27(38-23)25-17-22(34(36)37)14-13-20(25)2/h8-9,11,13-18H,4-7,10,12H2,1-3H3,(H,33,35). The fraction of sp³-hybridized carbons (Fsp3) is 0.290. The maximum Gasteiger partial charge on any atom is 0.270 e. The number of aliphatic imine (C=N–C) groups is 1. The van der Waals surface area contributed by atoms with E-state index in [0.717, 1.165) is 60.0 Å². The van der Waals surface area contributed by atoms with Crippen LogP contribution < -0.4 is 5.32 Å². The average Bonchev–Trinajstić information content (AvgIpc) is 3.50. The van der Waals surface area contributed by atoms with Crippen molar-refractivity contribution < 1.29 is 14.1 Å². The molecule has 1 amide bonds. The molecule has 0 radical (unpaired) electrons. The second-order valence-corrected chi connectivity index (χ2v) is 11.1. The topological polar surface area (TPSA) is 97.7 Å². The number of carbonyl (C=O) groups excluding carboxylic acids is 1. The van der Waals surface area contributed by atoms with E-state index in [1.165, 1.54) is 23.4 Å². The molecule has 0 atom stereocenters. The van der Waals surface area contributed by atoms with E-state index in [9.17, 15) is 14.9 Å². The Morgan fingerprint density at radius 3 is 2.62 bits per heavy atom. The summed E-state index contributed by atoms with van der Waals surface area (Å²) in [5.74, 6) is 0.905. The maximum absolute atomic E-state index is 13.7. The van der Waals surface area contributed by atoms with Crippen LogP contribution >= 0.6 is 11.3 Å². The minimum absolute atomic E-state index is 0.0118. The minimum Gasteiger partial charge on any atom is -0.455 e. The lowest BCUT2D eigenvalue weighted by Gasteiger charge is -2.13. The number of rotatable bonds is 6. The quantitative estimate of drug-likeness (QED) is 0.150. The number of hydrogen-bond donors (Lipinski definition) is 1. The summed E-state index contributed by atoms with van der Waals surface area (Å²) in [7, 11) is 0. The molecule has 2 aromatic heterocycles. The molecule has 4 aromatic rings. The van der Waals surface area contributed by atoms with E-state index < -0.39 is 4.92 Å². The van der Waals surface area contributed by atoms with Gasteiger partial charge >= 0.3 is 0 Å². The lowest BCUT2D eigenvalue weighted by Crippen LogP contribution is -2.15. The number of fused-ring (bicyclic) bond motifs is 1. The molecule has 1 N–H and O–H groups in total. The zero-order chi connectivity index (χ0) is 27.5. The SMILES string of the molecule is Cc1ccc([N+](=O)[O-])cc1-c1ccc(C=Nc2sc3c(c2C(=O)Nc2cccc(C)c2C)CCCCCC3)o1. The lowest BCUT2D eigenvalue weighted by molar-refractivity contribution is -0.384. The largest absolute Gasteiger partial charge is 0.455 e. The molecule has 0 saturated carbocycles. The number of anilines is 1. The van der Waals surface area contributed by atoms with Gasteiger partial charge < -0.3 is 9.73 Å². The number of aryl methyl sites for hydroxylation is 3. The number of thiophene rings is 1. The van der Waals surface area contributed by atoms with Crippen LogP contribution in [0.5, 0.6) is 0 Å². The normalized spacial score (nSPS) is 13.6. The first-order valence-corrected chi connectivity index (χ1v) is 14.0. The van der Waals surface area contributed by atoms with Gasteiger partial charge in [0.1, 0.15) is 16.5 Å². The molecule has 0 saturated heterocycles. The number of hydrogen-bond acceptors (Lipinski definition) is 6. The molecule has 2 heterocycles. The highest BCUT2D eigenvalue weighted by Crippen LogP contribution is 2.40. The first kappa shape index (κ1) is 26.6. The molecule has 2 aromatic carbocycles. The monoisotopic (exact) mass is 541 g/mol. The fourth-order valence-corrected chi connectivity index (χ4v) is 6.21. The Kier molecular flexibility index (Phi) is 7.74. The Morgan fingerprint density at radius 2 is 1.82 bits per heavy atom. The van der Waals surface area contributed by atoms with Crippen LogP contribution in [0.1, 0.15) is 68.9 Å². The Morgan fingerprint density at radius 1 is 1.03 bits per heavy atom. The highest BCUT2D eigenvalue weighted by Gasteiger charge is 2.25. The molecule has 1 aliphatic rings. The average molecular weight is 542 g/mol. The molecule has 1 aliphatic carbocycles. The molecule has 0 fully saturated rings. The van der Waals surface area contributed by atoms with Crippen molar-refractivity contribution in [3.63, 3.8) is 0 Å². The van der Waals surface area contributed by atoms with E-state index in [4.69, 9.17) is 9.41 Å². The molecule has 0 spiro atoms. The molecule has 5 rings (SSSR count). The second-order valence-electron chi connectivity index (χ2n) is 10.0. The van der Waals surface area contributed by atoms with Crippen LogP contribution in [0, 0.1) is 30.9 Å². The lowest BCUT2D eigenvalue weighted by atomic mass is 9.96. The van der Waals surface area contributed by atoms with Crippen LogP contribution in [0.4, 0.5) is 16.4 Å². The molecular formula is C31H31N3O4S. The van der Waals surface area contributed by atoms with E-state index in [2.05, 4.69) is 5.32 Å². The van der Waals surface area contributed by atoms with Crippen molar-refractivity contribution in [2.75, 3.05) is 5.32 Å². The molecule has 7 nitrogen and oxygen atoms in total. The van der Waals surface area contributed by atoms with E-state index in [-0.39, 0.29) is 11.6 Å². The van der Waals surface area contributed by atoms with Gasteiger partial charge in [0.25, 0.3) is 11.6 Å². The molecule has 39 heavy (non-hydrogen) atoms. The number of nitro benzene ring substituents is 1. The summed E-state index contributed by atoms with van der Waals surface area (Å²) in [5.41, 5.74) is 6.30. The number of nitro groups is 1. The van der Waals surface area contributed by atoms with Crippen LogP contribution in [0.25, 0.3) is 11.3 Å². The third-order valence-corrected chi connectivity index (χ3v) is 8.57. The third kappa shape index (κ3) is 5.71. The summed E-state index contributed by atoms with van der Waals surface area (Å²) in [6.45, 7) is 5.94. The minimum atomic E-state index is -0.415. The maximum atomic E-state index is 13.7. The van der Waals surface area contributed by atoms with Crippen molar-refractivity contribution >= 4 is 39.8 Å². The first-order valence-electron chi connectivity index (χ1n) is 13.2. The molecule has 8 heteroatoms. The van der Waals surface area contributed by atoms with Crippen molar-refractivity contribution in [2.45, 2.75) is 59.3 Å². The summed E-state index contributed by atoms with van der Waals surface area (Å²) in [4.78, 5) is 30.5. The summed E-state index contributed by atoms with van der Waals surface area (Å²) in [6, 6.07) is 14.2. The van der Waals surface area contributed by atoms with Crippen LogP contribution in [-0.2, 0) is 12.8 Å². The van der Waals surface area contributed by atoms with Gasteiger partial charge in [0, 0.05) is 28.3 Å². The molecular weight excluding hydrogens is 510 g/mol. The van der Waals surface area contributed by atoms with Crippen LogP contribution in [-0.4, -0.2) is 17.0 Å². The second kappa shape index (κ2) is 11.4. The first-order chi connectivity index (χ1) is 18.8. The Hall–Kier alpha value is -4.04. The van der Waals surface area contributed by atoms with Gasteiger partial charge in [-0.05, 0) is 86.9 Å². The number of benzene rings is 2. The smallest absolute Gasteiger partial charge is 0.270 e. The highest BCUT2D eigenvalue weighted by molar-refractivity contribution is 7.16. The Balaban J connectivity index is 1.48. The van der Waals surface area contributed by atoms with Crippen LogP contribution in [0.15, 0.2) is 57.9 Å². The van der Waals surface area contributed by atoms with Gasteiger partial charge in [0.05, 0.1) is 16.7 Å². The number of carbonyl (C=O) groups is 1. The highest BCUT2D eigenvalue weighted by atomic mass is 32.1. The number of amides is 1. The van der Waals surface area contributed by atoms with Gasteiger partial charge in [-0.1, -0.05) is 31.0 Å². The van der Waals surface area contributed by atoms with Gasteiger partial charge in [0.2, 0.25) is 0 Å². The van der Waals surface area contributed by atoms with Crippen LogP contribution in [0.2, 0.25) is 0 Å². The number of nitrogens with zero attached hydrogens (tertiary/aromatic N) is 2. The van der Waals surface area contributed by atoms with E-state index in [1.807, 2.05) is 39.0 Å². The van der Waals surface area contributed by atoms with Gasteiger partial charge in [-0.15, -0.1) is 11.3 Å². The third-order valence-electron chi connectivity index (χ3n) is 7.37. The van der Waals surface area contributed by atoms with Crippen LogP contribution in [0.3, 0.4) is 0 Å². The fourth-order valence-electron chi connectivity index (χ4n) is 4.98. The summed E-state index contributed by atoms with van der Waals surface area (Å²) >= 11 is 1.59. The zero-order valence-corrected chi connectivity index (χ0v) is 23.2. The molecule has 0 bridgehead atoms. The predicted octanol–water partition coefficient (Wildman–Crippen LogP) is 8.50.